The van der Waals surface area contributed by atoms with Gasteiger partial charge in [0.2, 0.25) is 23.1 Å². The molecule has 0 fully saturated rings. The molecule has 0 heterocycles. The molecule has 4 heteroatoms. The van der Waals surface area contributed by atoms with Crippen molar-refractivity contribution in [2.45, 2.75) is 34.1 Å². The lowest BCUT2D eigenvalue weighted by Crippen LogP contribution is -2.25. The van der Waals surface area contributed by atoms with E-state index in [0.29, 0.717) is 17.6 Å². The summed E-state index contributed by atoms with van der Waals surface area (Å²) in [5.41, 5.74) is 3.14. The van der Waals surface area contributed by atoms with Gasteiger partial charge < -0.3 is 9.47 Å². The van der Waals surface area contributed by atoms with Crippen LogP contribution in [0, 0.1) is 0 Å². The Morgan fingerprint density at radius 3 is 1.84 bits per heavy atom. The molecule has 0 spiro atoms. The first kappa shape index (κ1) is 15.2. The van der Waals surface area contributed by atoms with E-state index in [1.807, 2.05) is 20.8 Å². The van der Waals surface area contributed by atoms with E-state index < -0.39 is 0 Å². The molecule has 1 aliphatic rings. The zero-order valence-corrected chi connectivity index (χ0v) is 12.3. The predicted molar refractivity (Wildman–Crippen MR) is 72.4 cm³/mol. The molecule has 0 saturated heterocycles. The lowest BCUT2D eigenvalue weighted by atomic mass is 9.88. The highest BCUT2D eigenvalue weighted by Gasteiger charge is 2.34. The van der Waals surface area contributed by atoms with E-state index >= 15 is 0 Å². The van der Waals surface area contributed by atoms with Crippen molar-refractivity contribution in [2.24, 2.45) is 0 Å². The van der Waals surface area contributed by atoms with Crippen molar-refractivity contribution in [3.8, 4) is 0 Å². The molecule has 1 rings (SSSR count). The van der Waals surface area contributed by atoms with Crippen LogP contribution in [0.2, 0.25) is 0 Å². The Kier molecular flexibility index (Phi) is 4.70. The Balaban J connectivity index is 3.28. The van der Waals surface area contributed by atoms with Gasteiger partial charge in [-0.3, -0.25) is 9.59 Å². The van der Waals surface area contributed by atoms with Gasteiger partial charge in [-0.05, 0) is 34.1 Å². The highest BCUT2D eigenvalue weighted by Crippen LogP contribution is 2.29. The number of Topliss-reactive ketones (excluding diaryl/α,β-unsaturated/α-hetero) is 2. The summed E-state index contributed by atoms with van der Waals surface area (Å²) in [6, 6.07) is 0. The number of hydrogen-bond donors (Lipinski definition) is 0. The molecule has 0 amide bonds. The molecule has 19 heavy (non-hydrogen) atoms. The average Bonchev–Trinajstić information content (AvgIpc) is 2.37. The van der Waals surface area contributed by atoms with E-state index in [1.165, 1.54) is 14.2 Å². The summed E-state index contributed by atoms with van der Waals surface area (Å²) in [7, 11) is 2.73. The minimum Gasteiger partial charge on any atom is -0.489 e. The number of allylic oxidation sites excluding steroid dienone is 4. The van der Waals surface area contributed by atoms with Gasteiger partial charge in [-0.2, -0.15) is 0 Å². The fourth-order valence-electron chi connectivity index (χ4n) is 1.85. The van der Waals surface area contributed by atoms with Crippen molar-refractivity contribution in [1.82, 2.24) is 0 Å². The van der Waals surface area contributed by atoms with Crippen LogP contribution in [-0.4, -0.2) is 25.8 Å². The van der Waals surface area contributed by atoms with E-state index in [1.54, 1.807) is 6.92 Å². The number of carbonyl (C=O) groups excluding carboxylic acids is 2. The van der Waals surface area contributed by atoms with Crippen LogP contribution >= 0.6 is 0 Å². The summed E-state index contributed by atoms with van der Waals surface area (Å²) in [4.78, 5) is 24.5. The lowest BCUT2D eigenvalue weighted by Gasteiger charge is -2.20. The first-order valence-corrected chi connectivity index (χ1v) is 6.09. The van der Waals surface area contributed by atoms with Gasteiger partial charge in [0.15, 0.2) is 0 Å². The number of ether oxygens (including phenoxy) is 2. The second-order valence-corrected chi connectivity index (χ2v) is 4.79. The largest absolute Gasteiger partial charge is 0.489 e. The zero-order valence-electron chi connectivity index (χ0n) is 12.3. The lowest BCUT2D eigenvalue weighted by molar-refractivity contribution is -0.121. The van der Waals surface area contributed by atoms with Crippen LogP contribution in [0.3, 0.4) is 0 Å². The van der Waals surface area contributed by atoms with Crippen LogP contribution in [0.1, 0.15) is 34.1 Å². The molecule has 0 atom stereocenters. The summed E-state index contributed by atoms with van der Waals surface area (Å²) in [6.45, 7) is 7.57. The topological polar surface area (TPSA) is 52.6 Å². The van der Waals surface area contributed by atoms with Crippen molar-refractivity contribution in [1.29, 1.82) is 0 Å². The van der Waals surface area contributed by atoms with Crippen LogP contribution in [0.4, 0.5) is 0 Å². The standard InChI is InChI=1S/C15H20O4/c1-8(2)9(3)7-11-10(4)12(16)14(18-5)15(19-6)13(11)17/h7H2,1-6H3. The Hall–Kier alpha value is -1.84. The maximum absolute atomic E-state index is 12.3. The molecule has 0 radical (unpaired) electrons. The molecule has 0 aromatic carbocycles. The number of ketones is 2. The van der Waals surface area contributed by atoms with Gasteiger partial charge in [0.05, 0.1) is 14.2 Å². The quantitative estimate of drug-likeness (QED) is 0.578. The number of carbonyl (C=O) groups is 2. The molecule has 104 valence electrons. The monoisotopic (exact) mass is 264 g/mol. The molecular weight excluding hydrogens is 244 g/mol. The Labute approximate surface area is 113 Å². The maximum Gasteiger partial charge on any atom is 0.228 e. The van der Waals surface area contributed by atoms with Gasteiger partial charge in [0.25, 0.3) is 0 Å². The van der Waals surface area contributed by atoms with Crippen LogP contribution < -0.4 is 0 Å². The van der Waals surface area contributed by atoms with E-state index in [0.717, 1.165) is 11.1 Å². The molecule has 4 nitrogen and oxygen atoms in total. The number of hydrogen-bond acceptors (Lipinski definition) is 4. The van der Waals surface area contributed by atoms with Crippen LogP contribution in [0.15, 0.2) is 33.8 Å². The van der Waals surface area contributed by atoms with Gasteiger partial charge in [-0.25, -0.2) is 0 Å². The Bertz CT molecular complexity index is 514. The maximum atomic E-state index is 12.3. The van der Waals surface area contributed by atoms with E-state index in [-0.39, 0.29) is 23.1 Å². The fraction of sp³-hybridized carbons (Fsp3) is 0.467. The van der Waals surface area contributed by atoms with Gasteiger partial charge >= 0.3 is 0 Å². The summed E-state index contributed by atoms with van der Waals surface area (Å²) < 4.78 is 10.0. The SMILES string of the molecule is COC1=C(OC)C(=O)C(CC(C)=C(C)C)=C(C)C1=O. The number of rotatable bonds is 4. The van der Waals surface area contributed by atoms with E-state index in [9.17, 15) is 9.59 Å². The molecule has 0 unspecified atom stereocenters. The molecule has 0 saturated carbocycles. The molecular formula is C15H20O4. The van der Waals surface area contributed by atoms with Gasteiger partial charge in [-0.15, -0.1) is 0 Å². The van der Waals surface area contributed by atoms with Crippen LogP contribution in [0.5, 0.6) is 0 Å². The third kappa shape index (κ3) is 2.78. The smallest absolute Gasteiger partial charge is 0.228 e. The highest BCUT2D eigenvalue weighted by molar-refractivity contribution is 6.23. The normalized spacial score (nSPS) is 15.9. The van der Waals surface area contributed by atoms with Crippen LogP contribution in [0.25, 0.3) is 0 Å². The minimum atomic E-state index is -0.282. The second-order valence-electron chi connectivity index (χ2n) is 4.79. The molecule has 0 bridgehead atoms. The van der Waals surface area contributed by atoms with Gasteiger partial charge in [-0.1, -0.05) is 11.1 Å². The van der Waals surface area contributed by atoms with E-state index in [4.69, 9.17) is 9.47 Å². The first-order valence-electron chi connectivity index (χ1n) is 6.09. The minimum absolute atomic E-state index is 0.00495. The van der Waals surface area contributed by atoms with Gasteiger partial charge in [0, 0.05) is 11.1 Å². The first-order chi connectivity index (χ1) is 8.84. The zero-order chi connectivity index (χ0) is 14.7. The van der Waals surface area contributed by atoms with Crippen molar-refractivity contribution < 1.29 is 19.1 Å². The summed E-state index contributed by atoms with van der Waals surface area (Å²) in [5.74, 6) is -0.564. The van der Waals surface area contributed by atoms with Crippen molar-refractivity contribution in [3.63, 3.8) is 0 Å². The molecule has 0 aromatic heterocycles. The average molecular weight is 264 g/mol. The third-order valence-electron chi connectivity index (χ3n) is 3.39. The van der Waals surface area contributed by atoms with Crippen molar-refractivity contribution >= 4 is 11.6 Å². The summed E-state index contributed by atoms with van der Waals surface area (Å²) >= 11 is 0. The molecule has 0 N–H and O–H groups in total. The van der Waals surface area contributed by atoms with E-state index in [2.05, 4.69) is 0 Å². The fourth-order valence-corrected chi connectivity index (χ4v) is 1.85. The highest BCUT2D eigenvalue weighted by atomic mass is 16.5. The van der Waals surface area contributed by atoms with Crippen molar-refractivity contribution in [2.75, 3.05) is 14.2 Å². The summed E-state index contributed by atoms with van der Waals surface area (Å²) in [5, 5.41) is 0. The van der Waals surface area contributed by atoms with Crippen LogP contribution in [-0.2, 0) is 19.1 Å². The Morgan fingerprint density at radius 2 is 1.42 bits per heavy atom. The number of methoxy groups -OCH3 is 2. The second kappa shape index (κ2) is 5.87. The van der Waals surface area contributed by atoms with Crippen molar-refractivity contribution in [3.05, 3.63) is 33.8 Å². The molecule has 0 aromatic rings. The molecule has 0 aliphatic heterocycles. The summed E-state index contributed by atoms with van der Waals surface area (Å²) in [6.07, 6.45) is 0.461. The Morgan fingerprint density at radius 1 is 0.947 bits per heavy atom. The predicted octanol–water partition coefficient (Wildman–Crippen LogP) is 2.71. The molecule has 1 aliphatic carbocycles. The third-order valence-corrected chi connectivity index (χ3v) is 3.39. The van der Waals surface area contributed by atoms with Gasteiger partial charge in [0.1, 0.15) is 0 Å².